The first kappa shape index (κ1) is 15.0. The third-order valence-corrected chi connectivity index (χ3v) is 2.57. The molecule has 0 aliphatic rings. The number of nitrogens with zero attached hydrogens (tertiary/aromatic N) is 3. The lowest BCUT2D eigenvalue weighted by molar-refractivity contribution is 0.197. The van der Waals surface area contributed by atoms with Gasteiger partial charge in [0.05, 0.1) is 11.9 Å². The van der Waals surface area contributed by atoms with Gasteiger partial charge >= 0.3 is 0 Å². The van der Waals surface area contributed by atoms with Crippen molar-refractivity contribution in [2.75, 3.05) is 30.9 Å². The molecule has 0 bridgehead atoms. The van der Waals surface area contributed by atoms with E-state index >= 15 is 0 Å². The number of hydrogen-bond donors (Lipinski definition) is 2. The lowest BCUT2D eigenvalue weighted by Gasteiger charge is -2.08. The highest BCUT2D eigenvalue weighted by Crippen LogP contribution is 2.18. The molecular formula is C13H15F2N5O. The average Bonchev–Trinajstić information content (AvgIpc) is 2.47. The Morgan fingerprint density at radius 1 is 1.29 bits per heavy atom. The molecule has 0 spiro atoms. The first-order valence-electron chi connectivity index (χ1n) is 6.33. The Balaban J connectivity index is 2.00. The van der Waals surface area contributed by atoms with Crippen LogP contribution in [0.3, 0.4) is 0 Å². The molecule has 0 saturated carbocycles. The minimum absolute atomic E-state index is 0.0785. The van der Waals surface area contributed by atoms with Gasteiger partial charge in [-0.25, -0.2) is 8.78 Å². The van der Waals surface area contributed by atoms with E-state index in [0.717, 1.165) is 18.6 Å². The van der Waals surface area contributed by atoms with Crippen LogP contribution in [0.5, 0.6) is 0 Å². The standard InChI is InChI=1S/C13H15F2N5O/c1-21-6-2-5-16-12-8-17-20-13(19-12)18-11-4-3-9(14)7-10(11)15/h3-4,7-8H,2,5-6H2,1H3,(H2,16,18,19,20). The summed E-state index contributed by atoms with van der Waals surface area (Å²) in [6, 6.07) is 3.20. The van der Waals surface area contributed by atoms with Gasteiger partial charge in [-0.2, -0.15) is 10.1 Å². The average molecular weight is 295 g/mol. The summed E-state index contributed by atoms with van der Waals surface area (Å²) >= 11 is 0. The number of benzene rings is 1. The van der Waals surface area contributed by atoms with E-state index < -0.39 is 11.6 Å². The zero-order chi connectivity index (χ0) is 15.1. The van der Waals surface area contributed by atoms with Crippen LogP contribution >= 0.6 is 0 Å². The summed E-state index contributed by atoms with van der Waals surface area (Å²) in [4.78, 5) is 4.13. The Kier molecular flexibility index (Phi) is 5.33. The summed E-state index contributed by atoms with van der Waals surface area (Å²) in [6.07, 6.45) is 2.27. The van der Waals surface area contributed by atoms with Crippen LogP contribution in [-0.2, 0) is 4.74 Å². The molecule has 6 nitrogen and oxygen atoms in total. The molecule has 21 heavy (non-hydrogen) atoms. The minimum Gasteiger partial charge on any atom is -0.385 e. The van der Waals surface area contributed by atoms with E-state index in [1.807, 2.05) is 0 Å². The Morgan fingerprint density at radius 3 is 2.90 bits per heavy atom. The monoisotopic (exact) mass is 295 g/mol. The maximum Gasteiger partial charge on any atom is 0.249 e. The molecule has 2 N–H and O–H groups in total. The third-order valence-electron chi connectivity index (χ3n) is 2.57. The van der Waals surface area contributed by atoms with Gasteiger partial charge in [-0.3, -0.25) is 0 Å². The number of ether oxygens (including phenoxy) is 1. The van der Waals surface area contributed by atoms with E-state index in [4.69, 9.17) is 4.74 Å². The Morgan fingerprint density at radius 2 is 2.14 bits per heavy atom. The van der Waals surface area contributed by atoms with Crippen molar-refractivity contribution in [3.05, 3.63) is 36.0 Å². The lowest BCUT2D eigenvalue weighted by atomic mass is 10.3. The van der Waals surface area contributed by atoms with Gasteiger partial charge < -0.3 is 15.4 Å². The molecule has 8 heteroatoms. The summed E-state index contributed by atoms with van der Waals surface area (Å²) in [5, 5.41) is 13.2. The summed E-state index contributed by atoms with van der Waals surface area (Å²) in [5.74, 6) is -0.744. The molecule has 0 amide bonds. The first-order chi connectivity index (χ1) is 10.2. The second-order valence-electron chi connectivity index (χ2n) is 4.19. The number of halogens is 2. The Labute approximate surface area is 120 Å². The van der Waals surface area contributed by atoms with E-state index in [9.17, 15) is 8.78 Å². The SMILES string of the molecule is COCCCNc1cnnc(Nc2ccc(F)cc2F)n1. The molecule has 1 heterocycles. The van der Waals surface area contributed by atoms with Gasteiger partial charge in [0.1, 0.15) is 11.6 Å². The maximum atomic E-state index is 13.5. The zero-order valence-corrected chi connectivity index (χ0v) is 11.4. The topological polar surface area (TPSA) is 72.0 Å². The number of nitrogens with one attached hydrogen (secondary N) is 2. The van der Waals surface area contributed by atoms with Crippen LogP contribution in [-0.4, -0.2) is 35.4 Å². The largest absolute Gasteiger partial charge is 0.385 e. The molecule has 112 valence electrons. The van der Waals surface area contributed by atoms with Crippen molar-refractivity contribution in [1.82, 2.24) is 15.2 Å². The Bertz CT molecular complexity index is 597. The smallest absolute Gasteiger partial charge is 0.249 e. The van der Waals surface area contributed by atoms with Crippen molar-refractivity contribution in [1.29, 1.82) is 0 Å². The normalized spacial score (nSPS) is 10.4. The van der Waals surface area contributed by atoms with Crippen molar-refractivity contribution in [2.24, 2.45) is 0 Å². The van der Waals surface area contributed by atoms with Crippen LogP contribution in [0.2, 0.25) is 0 Å². The zero-order valence-electron chi connectivity index (χ0n) is 11.4. The van der Waals surface area contributed by atoms with Crippen LogP contribution in [0, 0.1) is 11.6 Å². The predicted octanol–water partition coefficient (Wildman–Crippen LogP) is 2.34. The quantitative estimate of drug-likeness (QED) is 0.764. The highest BCUT2D eigenvalue weighted by molar-refractivity contribution is 5.54. The first-order valence-corrected chi connectivity index (χ1v) is 6.33. The Hall–Kier alpha value is -2.35. The minimum atomic E-state index is -0.725. The molecule has 1 aromatic heterocycles. The van der Waals surface area contributed by atoms with Gasteiger partial charge in [-0.15, -0.1) is 5.10 Å². The van der Waals surface area contributed by atoms with Gasteiger partial charge in [0.2, 0.25) is 5.95 Å². The molecule has 2 rings (SSSR count). The molecule has 0 aliphatic carbocycles. The fourth-order valence-electron chi connectivity index (χ4n) is 1.59. The van der Waals surface area contributed by atoms with Crippen molar-refractivity contribution in [3.8, 4) is 0 Å². The molecule has 0 fully saturated rings. The van der Waals surface area contributed by atoms with Crippen LogP contribution in [0.4, 0.5) is 26.2 Å². The van der Waals surface area contributed by atoms with E-state index in [1.54, 1.807) is 7.11 Å². The maximum absolute atomic E-state index is 13.5. The van der Waals surface area contributed by atoms with Crippen molar-refractivity contribution < 1.29 is 13.5 Å². The van der Waals surface area contributed by atoms with E-state index in [2.05, 4.69) is 25.8 Å². The van der Waals surface area contributed by atoms with Crippen molar-refractivity contribution >= 4 is 17.5 Å². The highest BCUT2D eigenvalue weighted by atomic mass is 19.1. The van der Waals surface area contributed by atoms with Crippen molar-refractivity contribution in [2.45, 2.75) is 6.42 Å². The second kappa shape index (κ2) is 7.44. The van der Waals surface area contributed by atoms with Gasteiger partial charge in [-0.1, -0.05) is 0 Å². The number of methoxy groups -OCH3 is 1. The summed E-state index contributed by atoms with van der Waals surface area (Å²) in [6.45, 7) is 1.30. The summed E-state index contributed by atoms with van der Waals surface area (Å²) < 4.78 is 31.3. The molecule has 2 aromatic rings. The molecule has 0 atom stereocenters. The molecule has 0 aliphatic heterocycles. The van der Waals surface area contributed by atoms with Crippen LogP contribution in [0.25, 0.3) is 0 Å². The fourth-order valence-corrected chi connectivity index (χ4v) is 1.59. The number of hydrogen-bond acceptors (Lipinski definition) is 6. The fraction of sp³-hybridized carbons (Fsp3) is 0.308. The third kappa shape index (κ3) is 4.60. The summed E-state index contributed by atoms with van der Waals surface area (Å²) in [5.41, 5.74) is 0.0785. The molecular weight excluding hydrogens is 280 g/mol. The van der Waals surface area contributed by atoms with Gasteiger partial charge in [-0.05, 0) is 18.6 Å². The van der Waals surface area contributed by atoms with Gasteiger partial charge in [0, 0.05) is 26.3 Å². The van der Waals surface area contributed by atoms with E-state index in [-0.39, 0.29) is 11.6 Å². The lowest BCUT2D eigenvalue weighted by Crippen LogP contribution is -2.08. The van der Waals surface area contributed by atoms with Crippen LogP contribution in [0.15, 0.2) is 24.4 Å². The summed E-state index contributed by atoms with van der Waals surface area (Å²) in [7, 11) is 1.63. The molecule has 0 unspecified atom stereocenters. The number of aromatic nitrogens is 3. The van der Waals surface area contributed by atoms with E-state index in [1.165, 1.54) is 12.3 Å². The molecule has 0 radical (unpaired) electrons. The number of anilines is 3. The van der Waals surface area contributed by atoms with E-state index in [0.29, 0.717) is 19.0 Å². The van der Waals surface area contributed by atoms with Crippen LogP contribution in [0.1, 0.15) is 6.42 Å². The van der Waals surface area contributed by atoms with Gasteiger partial charge in [0.15, 0.2) is 5.82 Å². The molecule has 1 aromatic carbocycles. The second-order valence-corrected chi connectivity index (χ2v) is 4.19. The molecule has 0 saturated heterocycles. The number of rotatable bonds is 7. The predicted molar refractivity (Wildman–Crippen MR) is 74.5 cm³/mol. The van der Waals surface area contributed by atoms with Gasteiger partial charge in [0.25, 0.3) is 0 Å². The highest BCUT2D eigenvalue weighted by Gasteiger charge is 2.06. The van der Waals surface area contributed by atoms with Crippen molar-refractivity contribution in [3.63, 3.8) is 0 Å². The van der Waals surface area contributed by atoms with Crippen LogP contribution < -0.4 is 10.6 Å².